The molecule has 2 N–H and O–H groups in total. The highest BCUT2D eigenvalue weighted by Gasteiger charge is 2.52. The van der Waals surface area contributed by atoms with Gasteiger partial charge in [-0.2, -0.15) is 0 Å². The fourth-order valence-electron chi connectivity index (χ4n) is 2.81. The summed E-state index contributed by atoms with van der Waals surface area (Å²) in [5.74, 6) is -0.278. The van der Waals surface area contributed by atoms with Gasteiger partial charge >= 0.3 is 12.1 Å². The number of methoxy groups -OCH3 is 1. The molecule has 0 bridgehead atoms. The highest BCUT2D eigenvalue weighted by Crippen LogP contribution is 2.45. The molecule has 6 heteroatoms. The minimum Gasteiger partial charge on any atom is -0.497 e. The third-order valence-corrected chi connectivity index (χ3v) is 3.94. The molecule has 0 aliphatic heterocycles. The lowest BCUT2D eigenvalue weighted by atomic mass is 9.61. The van der Waals surface area contributed by atoms with Gasteiger partial charge in [-0.3, -0.25) is 4.79 Å². The molecule has 0 spiro atoms. The van der Waals surface area contributed by atoms with Crippen LogP contribution in [0.15, 0.2) is 24.3 Å². The average Bonchev–Trinajstić information content (AvgIpc) is 2.40. The highest BCUT2D eigenvalue weighted by molar-refractivity contribution is 5.84. The monoisotopic (exact) mass is 321 g/mol. The van der Waals surface area contributed by atoms with Gasteiger partial charge in [0.05, 0.1) is 12.5 Å². The first kappa shape index (κ1) is 17.1. The number of benzene rings is 1. The number of carbonyl (C=O) groups excluding carboxylic acids is 1. The summed E-state index contributed by atoms with van der Waals surface area (Å²) in [5, 5.41) is 12.4. The summed E-state index contributed by atoms with van der Waals surface area (Å²) >= 11 is 0. The van der Waals surface area contributed by atoms with Crippen LogP contribution in [0, 0.1) is 0 Å². The van der Waals surface area contributed by atoms with Crippen LogP contribution in [-0.4, -0.2) is 35.9 Å². The van der Waals surface area contributed by atoms with E-state index >= 15 is 0 Å². The molecule has 0 heterocycles. The van der Waals surface area contributed by atoms with Crippen molar-refractivity contribution in [1.82, 2.24) is 5.32 Å². The molecule has 2 rings (SSSR count). The molecular weight excluding hydrogens is 298 g/mol. The van der Waals surface area contributed by atoms with Crippen LogP contribution in [0.2, 0.25) is 0 Å². The molecule has 1 aromatic carbocycles. The van der Waals surface area contributed by atoms with Crippen LogP contribution >= 0.6 is 0 Å². The minimum atomic E-state index is -0.992. The second kappa shape index (κ2) is 6.10. The van der Waals surface area contributed by atoms with E-state index in [9.17, 15) is 14.7 Å². The lowest BCUT2D eigenvalue weighted by molar-refractivity contribution is -0.148. The Kier molecular flexibility index (Phi) is 4.54. The number of ether oxygens (including phenoxy) is 2. The standard InChI is InChI=1S/C17H23NO5/c1-16(2,3)23-15(21)18-12-9-17(10-12,14(19)20)11-6-5-7-13(8-11)22-4/h5-8,12H,9-10H2,1-4H3,(H,18,21)(H,19,20). The molecular formula is C17H23NO5. The Morgan fingerprint density at radius 1 is 1.30 bits per heavy atom. The smallest absolute Gasteiger partial charge is 0.407 e. The Labute approximate surface area is 135 Å². The highest BCUT2D eigenvalue weighted by atomic mass is 16.6. The summed E-state index contributed by atoms with van der Waals surface area (Å²) in [7, 11) is 1.54. The molecule has 0 aromatic heterocycles. The maximum Gasteiger partial charge on any atom is 0.407 e. The second-order valence-corrected chi connectivity index (χ2v) is 6.87. The summed E-state index contributed by atoms with van der Waals surface area (Å²) in [6, 6.07) is 6.84. The fourth-order valence-corrected chi connectivity index (χ4v) is 2.81. The van der Waals surface area contributed by atoms with Gasteiger partial charge in [0.15, 0.2) is 0 Å². The average molecular weight is 321 g/mol. The van der Waals surface area contributed by atoms with E-state index in [2.05, 4.69) is 5.32 Å². The van der Waals surface area contributed by atoms with Crippen molar-refractivity contribution in [3.05, 3.63) is 29.8 Å². The zero-order chi connectivity index (χ0) is 17.3. The van der Waals surface area contributed by atoms with Crippen molar-refractivity contribution in [2.24, 2.45) is 0 Å². The number of carbonyl (C=O) groups is 2. The van der Waals surface area contributed by atoms with Gasteiger partial charge < -0.3 is 19.9 Å². The molecule has 1 amide bonds. The maximum absolute atomic E-state index is 11.8. The van der Waals surface area contributed by atoms with Crippen molar-refractivity contribution in [2.75, 3.05) is 7.11 Å². The number of hydrogen-bond acceptors (Lipinski definition) is 4. The second-order valence-electron chi connectivity index (χ2n) is 6.87. The topological polar surface area (TPSA) is 84.9 Å². The van der Waals surface area contributed by atoms with Crippen molar-refractivity contribution in [1.29, 1.82) is 0 Å². The van der Waals surface area contributed by atoms with E-state index in [4.69, 9.17) is 9.47 Å². The SMILES string of the molecule is COc1cccc(C2(C(=O)O)CC(NC(=O)OC(C)(C)C)C2)c1. The maximum atomic E-state index is 11.8. The van der Waals surface area contributed by atoms with Crippen molar-refractivity contribution in [3.63, 3.8) is 0 Å². The number of carboxylic acid groups (broad SMARTS) is 1. The van der Waals surface area contributed by atoms with Crippen LogP contribution in [-0.2, 0) is 14.9 Å². The zero-order valence-electron chi connectivity index (χ0n) is 13.9. The Morgan fingerprint density at radius 2 is 1.96 bits per heavy atom. The molecule has 1 aliphatic carbocycles. The molecule has 0 unspecified atom stereocenters. The van der Waals surface area contributed by atoms with Crippen molar-refractivity contribution >= 4 is 12.1 Å². The first-order chi connectivity index (χ1) is 10.7. The number of rotatable bonds is 4. The van der Waals surface area contributed by atoms with Crippen LogP contribution in [0.4, 0.5) is 4.79 Å². The summed E-state index contributed by atoms with van der Waals surface area (Å²) in [6.07, 6.45) is 0.135. The van der Waals surface area contributed by atoms with E-state index < -0.39 is 23.1 Å². The molecule has 1 aliphatic rings. The van der Waals surface area contributed by atoms with Gasteiger partial charge in [0.1, 0.15) is 11.4 Å². The quantitative estimate of drug-likeness (QED) is 0.890. The van der Waals surface area contributed by atoms with E-state index in [0.29, 0.717) is 24.2 Å². The van der Waals surface area contributed by atoms with Gasteiger partial charge in [-0.1, -0.05) is 12.1 Å². The Balaban J connectivity index is 2.06. The van der Waals surface area contributed by atoms with Gasteiger partial charge in [0.2, 0.25) is 0 Å². The van der Waals surface area contributed by atoms with E-state index in [0.717, 1.165) is 0 Å². The third-order valence-electron chi connectivity index (χ3n) is 3.94. The van der Waals surface area contributed by atoms with E-state index in [1.807, 2.05) is 0 Å². The molecule has 23 heavy (non-hydrogen) atoms. The first-order valence-electron chi connectivity index (χ1n) is 7.54. The van der Waals surface area contributed by atoms with Gasteiger partial charge in [0.25, 0.3) is 0 Å². The largest absolute Gasteiger partial charge is 0.497 e. The molecule has 1 aromatic rings. The van der Waals surface area contributed by atoms with Crippen LogP contribution in [0.1, 0.15) is 39.2 Å². The number of carboxylic acids is 1. The number of hydrogen-bond donors (Lipinski definition) is 2. The van der Waals surface area contributed by atoms with Crippen LogP contribution in [0.25, 0.3) is 0 Å². The first-order valence-corrected chi connectivity index (χ1v) is 7.54. The van der Waals surface area contributed by atoms with Gasteiger partial charge in [-0.15, -0.1) is 0 Å². The number of nitrogens with one attached hydrogen (secondary N) is 1. The Bertz CT molecular complexity index is 599. The molecule has 126 valence electrons. The molecule has 1 saturated carbocycles. The summed E-state index contributed by atoms with van der Waals surface area (Å²) in [4.78, 5) is 23.6. The molecule has 0 radical (unpaired) electrons. The van der Waals surface area contributed by atoms with Gasteiger partial charge in [-0.25, -0.2) is 4.79 Å². The number of aliphatic carboxylic acids is 1. The summed E-state index contributed by atoms with van der Waals surface area (Å²) < 4.78 is 10.4. The Morgan fingerprint density at radius 3 is 2.48 bits per heavy atom. The van der Waals surface area contributed by atoms with Crippen LogP contribution < -0.4 is 10.1 Å². The third kappa shape index (κ3) is 3.75. The van der Waals surface area contributed by atoms with Crippen LogP contribution in [0.5, 0.6) is 5.75 Å². The molecule has 0 atom stereocenters. The van der Waals surface area contributed by atoms with Crippen molar-refractivity contribution in [3.8, 4) is 5.75 Å². The predicted molar refractivity (Wildman–Crippen MR) is 84.7 cm³/mol. The van der Waals surface area contributed by atoms with E-state index in [-0.39, 0.29) is 6.04 Å². The van der Waals surface area contributed by atoms with Gasteiger partial charge in [0, 0.05) is 6.04 Å². The van der Waals surface area contributed by atoms with Crippen molar-refractivity contribution < 1.29 is 24.2 Å². The number of alkyl carbamates (subject to hydrolysis) is 1. The molecule has 0 saturated heterocycles. The Hall–Kier alpha value is -2.24. The van der Waals surface area contributed by atoms with Gasteiger partial charge in [-0.05, 0) is 51.3 Å². The van der Waals surface area contributed by atoms with Crippen molar-refractivity contribution in [2.45, 2.75) is 50.7 Å². The molecule has 6 nitrogen and oxygen atoms in total. The van der Waals surface area contributed by atoms with E-state index in [1.165, 1.54) is 0 Å². The zero-order valence-corrected chi connectivity index (χ0v) is 13.9. The lowest BCUT2D eigenvalue weighted by Crippen LogP contribution is -2.57. The number of amides is 1. The summed E-state index contributed by atoms with van der Waals surface area (Å²) in [5.41, 5.74) is -0.884. The van der Waals surface area contributed by atoms with Crippen LogP contribution in [0.3, 0.4) is 0 Å². The lowest BCUT2D eigenvalue weighted by Gasteiger charge is -2.45. The summed E-state index contributed by atoms with van der Waals surface area (Å²) in [6.45, 7) is 5.35. The fraction of sp³-hybridized carbons (Fsp3) is 0.529. The van der Waals surface area contributed by atoms with E-state index in [1.54, 1.807) is 52.1 Å². The minimum absolute atomic E-state index is 0.216. The predicted octanol–water partition coefficient (Wildman–Crippen LogP) is 2.70. The molecule has 1 fully saturated rings. The normalized spacial score (nSPS) is 23.6.